The van der Waals surface area contributed by atoms with E-state index in [4.69, 9.17) is 0 Å². The topological polar surface area (TPSA) is 56.8 Å². The Labute approximate surface area is 194 Å². The number of fused-ring (bicyclic) bond motifs is 1. The molecule has 1 saturated carbocycles. The average molecular weight is 453 g/mol. The summed E-state index contributed by atoms with van der Waals surface area (Å²) in [5.41, 5.74) is 2.05. The molecule has 3 fully saturated rings. The number of nitrogens with zero attached hydrogens (tertiary/aromatic N) is 4. The van der Waals surface area contributed by atoms with Gasteiger partial charge in [0.15, 0.2) is 0 Å². The molecule has 2 aliphatic heterocycles. The van der Waals surface area contributed by atoms with Crippen molar-refractivity contribution < 1.29 is 14.0 Å². The van der Waals surface area contributed by atoms with E-state index in [1.54, 1.807) is 12.3 Å². The van der Waals surface area contributed by atoms with E-state index in [2.05, 4.69) is 23.7 Å². The van der Waals surface area contributed by atoms with Crippen molar-refractivity contribution in [2.45, 2.75) is 39.5 Å². The Morgan fingerprint density at radius 3 is 2.27 bits per heavy atom. The summed E-state index contributed by atoms with van der Waals surface area (Å²) in [4.78, 5) is 36.5. The summed E-state index contributed by atoms with van der Waals surface area (Å²) >= 11 is 0. The highest BCUT2D eigenvalue weighted by molar-refractivity contribution is 6.07. The van der Waals surface area contributed by atoms with Crippen molar-refractivity contribution in [3.05, 3.63) is 35.8 Å². The van der Waals surface area contributed by atoms with E-state index in [0.717, 1.165) is 44.5 Å². The van der Waals surface area contributed by atoms with E-state index in [9.17, 15) is 14.0 Å². The largest absolute Gasteiger partial charge is 0.370 e. The Balaban J connectivity index is 1.42. The Bertz CT molecular complexity index is 1050. The molecular formula is C26H33FN4O2. The van der Waals surface area contributed by atoms with Gasteiger partial charge in [0.25, 0.3) is 5.91 Å². The third-order valence-electron chi connectivity index (χ3n) is 7.64. The van der Waals surface area contributed by atoms with Crippen molar-refractivity contribution in [1.82, 2.24) is 14.8 Å². The van der Waals surface area contributed by atoms with E-state index in [-0.39, 0.29) is 23.5 Å². The maximum atomic E-state index is 14.2. The molecule has 1 aromatic heterocycles. The molecule has 6 nitrogen and oxygen atoms in total. The maximum Gasteiger partial charge on any atom is 0.257 e. The number of anilines is 1. The van der Waals surface area contributed by atoms with Crippen molar-refractivity contribution in [2.75, 3.05) is 44.2 Å². The second kappa shape index (κ2) is 8.92. The number of hydrogen-bond acceptors (Lipinski definition) is 4. The van der Waals surface area contributed by atoms with Gasteiger partial charge in [0.1, 0.15) is 5.82 Å². The molecule has 1 aromatic carbocycles. The van der Waals surface area contributed by atoms with E-state index in [1.807, 2.05) is 9.80 Å². The third-order valence-corrected chi connectivity index (χ3v) is 7.64. The second-order valence-electron chi connectivity index (χ2n) is 10.1. The summed E-state index contributed by atoms with van der Waals surface area (Å²) in [5, 5.41) is 0.700. The highest BCUT2D eigenvalue weighted by Gasteiger charge is 2.36. The van der Waals surface area contributed by atoms with Crippen LogP contribution in [0.15, 0.2) is 24.4 Å². The highest BCUT2D eigenvalue weighted by Crippen LogP contribution is 2.36. The minimum atomic E-state index is -0.320. The summed E-state index contributed by atoms with van der Waals surface area (Å²) in [6.07, 6.45) is 5.77. The van der Waals surface area contributed by atoms with Crippen LogP contribution in [0, 0.1) is 23.6 Å². The highest BCUT2D eigenvalue weighted by atomic mass is 19.1. The van der Waals surface area contributed by atoms with Gasteiger partial charge in [0.05, 0.1) is 16.8 Å². The molecule has 176 valence electrons. The lowest BCUT2D eigenvalue weighted by atomic mass is 9.86. The number of hydrogen-bond donors (Lipinski definition) is 0. The van der Waals surface area contributed by atoms with Crippen molar-refractivity contribution in [3.8, 4) is 0 Å². The predicted molar refractivity (Wildman–Crippen MR) is 127 cm³/mol. The zero-order valence-corrected chi connectivity index (χ0v) is 19.6. The Morgan fingerprint density at radius 1 is 0.970 bits per heavy atom. The molecule has 3 heterocycles. The fourth-order valence-corrected chi connectivity index (χ4v) is 5.33. The molecule has 0 unspecified atom stereocenters. The maximum absolute atomic E-state index is 14.2. The average Bonchev–Trinajstić information content (AvgIpc) is 3.68. The van der Waals surface area contributed by atoms with Gasteiger partial charge < -0.3 is 14.7 Å². The third kappa shape index (κ3) is 4.42. The Hall–Kier alpha value is -2.70. The lowest BCUT2D eigenvalue weighted by Crippen LogP contribution is -2.51. The van der Waals surface area contributed by atoms with E-state index in [0.29, 0.717) is 54.5 Å². The number of carbonyl (C=O) groups excluding carboxylic acids is 2. The minimum absolute atomic E-state index is 0.0758. The van der Waals surface area contributed by atoms with Gasteiger partial charge in [-0.25, -0.2) is 4.39 Å². The summed E-state index contributed by atoms with van der Waals surface area (Å²) in [5.74, 6) is 1.34. The van der Waals surface area contributed by atoms with Gasteiger partial charge in [-0.3, -0.25) is 14.6 Å². The second-order valence-corrected chi connectivity index (χ2v) is 10.1. The number of halogens is 1. The summed E-state index contributed by atoms with van der Waals surface area (Å²) in [7, 11) is 0. The molecule has 1 aliphatic carbocycles. The molecule has 0 N–H and O–H groups in total. The first-order valence-electron chi connectivity index (χ1n) is 12.3. The van der Waals surface area contributed by atoms with Gasteiger partial charge >= 0.3 is 0 Å². The summed E-state index contributed by atoms with van der Waals surface area (Å²) < 4.78 is 14.2. The Kier molecular flexibility index (Phi) is 5.97. The zero-order valence-electron chi connectivity index (χ0n) is 19.6. The molecule has 0 spiro atoms. The first kappa shape index (κ1) is 22.1. The van der Waals surface area contributed by atoms with Crippen LogP contribution in [0.3, 0.4) is 0 Å². The first-order chi connectivity index (χ1) is 15.9. The van der Waals surface area contributed by atoms with Crippen molar-refractivity contribution in [3.63, 3.8) is 0 Å². The monoisotopic (exact) mass is 452 g/mol. The number of piperidine rings is 1. The van der Waals surface area contributed by atoms with Crippen LogP contribution in [0.25, 0.3) is 10.9 Å². The number of rotatable bonds is 4. The lowest BCUT2D eigenvalue weighted by Gasteiger charge is -2.38. The quantitative estimate of drug-likeness (QED) is 0.705. The normalized spacial score (nSPS) is 20.1. The molecule has 3 aliphatic rings. The number of pyridine rings is 1. The lowest BCUT2D eigenvalue weighted by molar-refractivity contribution is -0.134. The van der Waals surface area contributed by atoms with Crippen LogP contribution >= 0.6 is 0 Å². The fraction of sp³-hybridized carbons (Fsp3) is 0.577. The number of carbonyl (C=O) groups is 2. The van der Waals surface area contributed by atoms with Gasteiger partial charge in [-0.1, -0.05) is 13.8 Å². The summed E-state index contributed by atoms with van der Waals surface area (Å²) in [6, 6.07) is 4.61. The van der Waals surface area contributed by atoms with E-state index in [1.165, 1.54) is 12.1 Å². The smallest absolute Gasteiger partial charge is 0.257 e. The molecule has 33 heavy (non-hydrogen) atoms. The zero-order chi connectivity index (χ0) is 23.1. The van der Waals surface area contributed by atoms with Gasteiger partial charge in [0, 0.05) is 56.8 Å². The molecular weight excluding hydrogens is 419 g/mol. The number of amides is 2. The first-order valence-corrected chi connectivity index (χ1v) is 12.3. The van der Waals surface area contributed by atoms with Crippen LogP contribution in [0.1, 0.15) is 49.9 Å². The number of aromatic nitrogens is 1. The SMILES string of the molecule is CC(C)C1CCN(c2c(C(=O)N3CCN(C(=O)C4CC4)CC3)cnc3ccc(F)cc23)CC1. The molecule has 0 atom stereocenters. The van der Waals surface area contributed by atoms with Crippen molar-refractivity contribution >= 4 is 28.4 Å². The van der Waals surface area contributed by atoms with Crippen LogP contribution in [-0.2, 0) is 4.79 Å². The van der Waals surface area contributed by atoms with Crippen LogP contribution < -0.4 is 4.90 Å². The van der Waals surface area contributed by atoms with Gasteiger partial charge in [0.2, 0.25) is 5.91 Å². The van der Waals surface area contributed by atoms with Crippen LogP contribution in [0.2, 0.25) is 0 Å². The molecule has 0 bridgehead atoms. The van der Waals surface area contributed by atoms with E-state index >= 15 is 0 Å². The molecule has 5 rings (SSSR count). The molecule has 0 radical (unpaired) electrons. The van der Waals surface area contributed by atoms with Gasteiger partial charge in [-0.15, -0.1) is 0 Å². The van der Waals surface area contributed by atoms with Crippen molar-refractivity contribution in [2.24, 2.45) is 17.8 Å². The molecule has 2 saturated heterocycles. The molecule has 7 heteroatoms. The minimum Gasteiger partial charge on any atom is -0.370 e. The van der Waals surface area contributed by atoms with Crippen molar-refractivity contribution in [1.29, 1.82) is 0 Å². The van der Waals surface area contributed by atoms with Gasteiger partial charge in [-0.05, 0) is 55.7 Å². The number of benzene rings is 1. The molecule has 2 aromatic rings. The van der Waals surface area contributed by atoms with Crippen LogP contribution in [-0.4, -0.2) is 65.9 Å². The molecule has 2 amide bonds. The van der Waals surface area contributed by atoms with Crippen LogP contribution in [0.5, 0.6) is 0 Å². The van der Waals surface area contributed by atoms with Crippen LogP contribution in [0.4, 0.5) is 10.1 Å². The predicted octanol–water partition coefficient (Wildman–Crippen LogP) is 3.94. The van der Waals surface area contributed by atoms with E-state index < -0.39 is 0 Å². The summed E-state index contributed by atoms with van der Waals surface area (Å²) in [6.45, 7) is 8.42. The van der Waals surface area contributed by atoms with Gasteiger partial charge in [-0.2, -0.15) is 0 Å². The number of piperazine rings is 1. The fourth-order valence-electron chi connectivity index (χ4n) is 5.33. The standard InChI is InChI=1S/C26H33FN4O2/c1-17(2)18-7-9-29(10-8-18)24-21-15-20(27)5-6-23(21)28-16-22(24)26(33)31-13-11-30(12-14-31)25(32)19-3-4-19/h5-6,15-19H,3-4,7-14H2,1-2H3. The Morgan fingerprint density at radius 2 is 1.64 bits per heavy atom.